The van der Waals surface area contributed by atoms with Gasteiger partial charge in [-0.05, 0) is 29.3 Å². The Morgan fingerprint density at radius 3 is 2.12 bits per heavy atom. The highest BCUT2D eigenvalue weighted by Gasteiger charge is 2.17. The number of nitrogen functional groups attached to an aromatic ring is 1. The lowest BCUT2D eigenvalue weighted by Crippen LogP contribution is -2.31. The van der Waals surface area contributed by atoms with Gasteiger partial charge in [0.15, 0.2) is 11.6 Å². The van der Waals surface area contributed by atoms with Crippen LogP contribution in [0.4, 0.5) is 17.3 Å². The van der Waals surface area contributed by atoms with Crippen LogP contribution in [-0.2, 0) is 13.1 Å². The molecule has 1 amide bonds. The molecule has 0 aliphatic carbocycles. The topological polar surface area (TPSA) is 96.2 Å². The Kier molecular flexibility index (Phi) is 7.02. The van der Waals surface area contributed by atoms with E-state index in [0.29, 0.717) is 41.0 Å². The summed E-state index contributed by atoms with van der Waals surface area (Å²) in [6.45, 7) is 1.20. The maximum Gasteiger partial charge on any atom is 0.269 e. The zero-order valence-electron chi connectivity index (χ0n) is 17.8. The largest absolute Gasteiger partial charge is 0.393 e. The smallest absolute Gasteiger partial charge is 0.269 e. The number of nitrogens with two attached hydrogens (primary N) is 1. The van der Waals surface area contributed by atoms with E-state index in [1.807, 2.05) is 36.4 Å². The molecule has 1 aromatic heterocycles. The molecule has 0 unspecified atom stereocenters. The van der Waals surface area contributed by atoms with Gasteiger partial charge in [-0.25, -0.2) is 9.97 Å². The van der Waals surface area contributed by atoms with Crippen LogP contribution in [0.25, 0.3) is 0 Å². The number of rotatable bonds is 8. The molecular weight excluding hydrogens is 436 g/mol. The third-order valence-corrected chi connectivity index (χ3v) is 5.21. The molecule has 0 spiro atoms. The summed E-state index contributed by atoms with van der Waals surface area (Å²) in [6, 6.07) is 26.8. The number of nitrogens with zero attached hydrogens (tertiary/aromatic N) is 3. The molecule has 7 nitrogen and oxygen atoms in total. The van der Waals surface area contributed by atoms with E-state index < -0.39 is 0 Å². The number of hydrogen-bond acceptors (Lipinski definition) is 6. The van der Waals surface area contributed by atoms with E-state index in [4.69, 9.17) is 17.3 Å². The fourth-order valence-corrected chi connectivity index (χ4v) is 3.56. The van der Waals surface area contributed by atoms with Crippen molar-refractivity contribution in [3.63, 3.8) is 0 Å². The second-order valence-electron chi connectivity index (χ2n) is 7.38. The van der Waals surface area contributed by atoms with Crippen LogP contribution in [0.2, 0.25) is 5.02 Å². The number of aromatic nitrogens is 2. The van der Waals surface area contributed by atoms with E-state index in [9.17, 15) is 4.79 Å². The molecule has 0 aliphatic heterocycles. The van der Waals surface area contributed by atoms with Crippen molar-refractivity contribution in [1.29, 1.82) is 0 Å². The number of amides is 1. The third kappa shape index (κ3) is 5.78. The maximum atomic E-state index is 12.5. The number of halogens is 1. The van der Waals surface area contributed by atoms with E-state index >= 15 is 0 Å². The molecule has 0 radical (unpaired) electrons. The SMILES string of the molecule is Nc1c(NNC(=O)c2cccc(Cl)c2)ncnc1N(Cc1ccccc1)Cc1ccccc1. The molecule has 4 aromatic rings. The summed E-state index contributed by atoms with van der Waals surface area (Å²) in [7, 11) is 0. The van der Waals surface area contributed by atoms with Gasteiger partial charge in [-0.2, -0.15) is 0 Å². The molecule has 33 heavy (non-hydrogen) atoms. The van der Waals surface area contributed by atoms with Crippen molar-refractivity contribution in [3.8, 4) is 0 Å². The zero-order valence-corrected chi connectivity index (χ0v) is 18.5. The summed E-state index contributed by atoms with van der Waals surface area (Å²) in [6.07, 6.45) is 1.42. The van der Waals surface area contributed by atoms with Gasteiger partial charge in [0.1, 0.15) is 12.0 Å². The molecule has 8 heteroatoms. The number of hydrogen-bond donors (Lipinski definition) is 3. The van der Waals surface area contributed by atoms with E-state index in [2.05, 4.69) is 50.0 Å². The monoisotopic (exact) mass is 458 g/mol. The molecule has 4 rings (SSSR count). The summed E-state index contributed by atoms with van der Waals surface area (Å²) in [5, 5.41) is 0.476. The van der Waals surface area contributed by atoms with Crippen LogP contribution in [0.3, 0.4) is 0 Å². The molecule has 0 bridgehead atoms. The van der Waals surface area contributed by atoms with Crippen molar-refractivity contribution in [2.24, 2.45) is 0 Å². The van der Waals surface area contributed by atoms with Crippen LogP contribution in [-0.4, -0.2) is 15.9 Å². The number of anilines is 3. The van der Waals surface area contributed by atoms with E-state index in [-0.39, 0.29) is 5.91 Å². The minimum Gasteiger partial charge on any atom is -0.393 e. The fraction of sp³-hybridized carbons (Fsp3) is 0.0800. The van der Waals surface area contributed by atoms with Gasteiger partial charge in [0.25, 0.3) is 5.91 Å². The van der Waals surface area contributed by atoms with Crippen molar-refractivity contribution in [2.45, 2.75) is 13.1 Å². The van der Waals surface area contributed by atoms with Gasteiger partial charge in [-0.1, -0.05) is 78.3 Å². The molecule has 0 saturated heterocycles. The predicted octanol–water partition coefficient (Wildman–Crippen LogP) is 4.68. The second kappa shape index (κ2) is 10.5. The van der Waals surface area contributed by atoms with E-state index in [0.717, 1.165) is 11.1 Å². The Morgan fingerprint density at radius 1 is 0.879 bits per heavy atom. The third-order valence-electron chi connectivity index (χ3n) is 4.98. The van der Waals surface area contributed by atoms with E-state index in [1.165, 1.54) is 6.33 Å². The highest BCUT2D eigenvalue weighted by molar-refractivity contribution is 6.30. The number of nitrogens with one attached hydrogen (secondary N) is 2. The molecule has 0 fully saturated rings. The van der Waals surface area contributed by atoms with Crippen LogP contribution in [0.15, 0.2) is 91.3 Å². The van der Waals surface area contributed by atoms with Gasteiger partial charge in [0.2, 0.25) is 0 Å². The zero-order chi connectivity index (χ0) is 23.0. The molecule has 0 saturated carbocycles. The Hall–Kier alpha value is -4.10. The summed E-state index contributed by atoms with van der Waals surface area (Å²) in [5.41, 5.74) is 14.8. The molecule has 0 atom stereocenters. The van der Waals surface area contributed by atoms with Gasteiger partial charge < -0.3 is 10.6 Å². The van der Waals surface area contributed by atoms with E-state index in [1.54, 1.807) is 24.3 Å². The van der Waals surface area contributed by atoms with Crippen LogP contribution in [0.5, 0.6) is 0 Å². The van der Waals surface area contributed by atoms with Crippen molar-refractivity contribution >= 4 is 34.8 Å². The highest BCUT2D eigenvalue weighted by Crippen LogP contribution is 2.28. The Labute approximate surface area is 197 Å². The first-order valence-corrected chi connectivity index (χ1v) is 10.7. The number of benzene rings is 3. The first kappa shape index (κ1) is 22.1. The lowest BCUT2D eigenvalue weighted by Gasteiger charge is -2.26. The van der Waals surface area contributed by atoms with Crippen LogP contribution in [0, 0.1) is 0 Å². The van der Waals surface area contributed by atoms with Crippen molar-refractivity contribution in [1.82, 2.24) is 15.4 Å². The van der Waals surface area contributed by atoms with Crippen LogP contribution < -0.4 is 21.5 Å². The number of hydrazine groups is 1. The summed E-state index contributed by atoms with van der Waals surface area (Å²) in [5.74, 6) is 0.515. The lowest BCUT2D eigenvalue weighted by atomic mass is 10.1. The summed E-state index contributed by atoms with van der Waals surface area (Å²) < 4.78 is 0. The summed E-state index contributed by atoms with van der Waals surface area (Å²) in [4.78, 5) is 23.2. The first-order chi connectivity index (χ1) is 16.1. The predicted molar refractivity (Wildman–Crippen MR) is 132 cm³/mol. The van der Waals surface area contributed by atoms with Crippen LogP contribution in [0.1, 0.15) is 21.5 Å². The van der Waals surface area contributed by atoms with Gasteiger partial charge in [-0.3, -0.25) is 15.6 Å². The van der Waals surface area contributed by atoms with Gasteiger partial charge in [0, 0.05) is 23.7 Å². The van der Waals surface area contributed by atoms with Gasteiger partial charge in [0.05, 0.1) is 0 Å². The van der Waals surface area contributed by atoms with Crippen molar-refractivity contribution in [3.05, 3.63) is 113 Å². The molecule has 4 N–H and O–H groups in total. The fourth-order valence-electron chi connectivity index (χ4n) is 3.37. The summed E-state index contributed by atoms with van der Waals surface area (Å²) >= 11 is 5.97. The van der Waals surface area contributed by atoms with Gasteiger partial charge in [-0.15, -0.1) is 0 Å². The quantitative estimate of drug-likeness (QED) is 0.332. The highest BCUT2D eigenvalue weighted by atomic mass is 35.5. The Balaban J connectivity index is 1.57. The molecule has 166 valence electrons. The molecular formula is C25H23ClN6O. The standard InChI is InChI=1S/C25H23ClN6O/c26-21-13-7-12-20(14-21)25(33)31-30-23-22(27)24(29-17-28-23)32(15-18-8-3-1-4-9-18)16-19-10-5-2-6-11-19/h1-14,17H,15-16,27H2,(H,31,33)(H,28,29,30). The second-order valence-corrected chi connectivity index (χ2v) is 7.81. The minimum atomic E-state index is -0.359. The number of carbonyl (C=O) groups is 1. The molecule has 3 aromatic carbocycles. The Morgan fingerprint density at radius 2 is 1.52 bits per heavy atom. The Bertz CT molecular complexity index is 1180. The van der Waals surface area contributed by atoms with Crippen LogP contribution >= 0.6 is 11.6 Å². The first-order valence-electron chi connectivity index (χ1n) is 10.4. The molecule has 1 heterocycles. The lowest BCUT2D eigenvalue weighted by molar-refractivity contribution is 0.0962. The normalized spacial score (nSPS) is 10.5. The maximum absolute atomic E-state index is 12.5. The molecule has 0 aliphatic rings. The van der Waals surface area contributed by atoms with Crippen molar-refractivity contribution < 1.29 is 4.79 Å². The van der Waals surface area contributed by atoms with Gasteiger partial charge >= 0.3 is 0 Å². The average molecular weight is 459 g/mol. The van der Waals surface area contributed by atoms with Crippen molar-refractivity contribution in [2.75, 3.05) is 16.1 Å². The minimum absolute atomic E-state index is 0.307. The number of carbonyl (C=O) groups excluding carboxylic acids is 1. The average Bonchev–Trinajstić information content (AvgIpc) is 2.84.